The second-order valence-corrected chi connectivity index (χ2v) is 4.01. The van der Waals surface area contributed by atoms with Crippen molar-refractivity contribution in [3.05, 3.63) is 46.8 Å². The average molecular weight is 241 g/mol. The van der Waals surface area contributed by atoms with Crippen molar-refractivity contribution in [2.45, 2.75) is 13.8 Å². The van der Waals surface area contributed by atoms with E-state index in [0.717, 1.165) is 5.56 Å². The van der Waals surface area contributed by atoms with Gasteiger partial charge in [0, 0.05) is 6.20 Å². The molecule has 0 fully saturated rings. The second-order valence-electron chi connectivity index (χ2n) is 4.01. The normalized spacial score (nSPS) is 10.1. The molecule has 0 radical (unpaired) electrons. The molecule has 0 amide bonds. The van der Waals surface area contributed by atoms with E-state index in [4.69, 9.17) is 10.4 Å². The van der Waals surface area contributed by atoms with Crippen LogP contribution in [0.2, 0.25) is 0 Å². The lowest BCUT2D eigenvalue weighted by atomic mass is 10.1. The number of carbonyl (C=O) groups is 1. The van der Waals surface area contributed by atoms with Gasteiger partial charge in [-0.1, -0.05) is 6.07 Å². The van der Waals surface area contributed by atoms with E-state index in [-0.39, 0.29) is 5.56 Å². The monoisotopic (exact) mass is 241 g/mol. The number of rotatable bonds is 2. The third-order valence-corrected chi connectivity index (χ3v) is 2.65. The molecule has 0 saturated heterocycles. The Hall–Kier alpha value is -2.61. The minimum Gasteiger partial charge on any atom is -0.478 e. The first kappa shape index (κ1) is 11.9. The molecular weight excluding hydrogens is 230 g/mol. The van der Waals surface area contributed by atoms with Crippen LogP contribution in [0.4, 0.5) is 0 Å². The van der Waals surface area contributed by atoms with Gasteiger partial charge in [0.25, 0.3) is 0 Å². The SMILES string of the molecule is Cc1ccc(C#N)c(-n2cc(C(=O)O)c(C)n2)c1. The van der Waals surface area contributed by atoms with Gasteiger partial charge in [0.15, 0.2) is 0 Å². The molecule has 18 heavy (non-hydrogen) atoms. The average Bonchev–Trinajstić information content (AvgIpc) is 2.71. The number of aryl methyl sites for hydroxylation is 2. The van der Waals surface area contributed by atoms with Crippen LogP contribution in [-0.4, -0.2) is 20.9 Å². The number of aromatic carboxylic acids is 1. The number of aromatic nitrogens is 2. The number of hydrogen-bond acceptors (Lipinski definition) is 3. The Morgan fingerprint density at radius 1 is 1.44 bits per heavy atom. The lowest BCUT2D eigenvalue weighted by Gasteiger charge is -2.04. The summed E-state index contributed by atoms with van der Waals surface area (Å²) < 4.78 is 1.43. The molecule has 2 rings (SSSR count). The van der Waals surface area contributed by atoms with E-state index in [1.807, 2.05) is 13.0 Å². The molecule has 0 aliphatic carbocycles. The first-order valence-corrected chi connectivity index (χ1v) is 5.33. The maximum atomic E-state index is 11.0. The molecule has 1 N–H and O–H groups in total. The molecule has 1 aromatic carbocycles. The van der Waals surface area contributed by atoms with Crippen LogP contribution in [0.3, 0.4) is 0 Å². The summed E-state index contributed by atoms with van der Waals surface area (Å²) in [7, 11) is 0. The fraction of sp³-hybridized carbons (Fsp3) is 0.154. The first-order valence-electron chi connectivity index (χ1n) is 5.33. The summed E-state index contributed by atoms with van der Waals surface area (Å²) in [6.45, 7) is 3.53. The zero-order valence-corrected chi connectivity index (χ0v) is 10.0. The van der Waals surface area contributed by atoms with Crippen LogP contribution in [0.15, 0.2) is 24.4 Å². The summed E-state index contributed by atoms with van der Waals surface area (Å²) in [5.41, 5.74) is 2.59. The number of benzene rings is 1. The molecule has 5 heteroatoms. The van der Waals surface area contributed by atoms with Crippen LogP contribution in [-0.2, 0) is 0 Å². The van der Waals surface area contributed by atoms with E-state index >= 15 is 0 Å². The van der Waals surface area contributed by atoms with E-state index in [1.54, 1.807) is 19.1 Å². The fourth-order valence-electron chi connectivity index (χ4n) is 1.72. The smallest absolute Gasteiger partial charge is 0.339 e. The van der Waals surface area contributed by atoms with Crippen LogP contribution in [0.1, 0.15) is 27.2 Å². The van der Waals surface area contributed by atoms with Gasteiger partial charge in [0.1, 0.15) is 11.6 Å². The molecule has 0 aliphatic heterocycles. The molecule has 0 atom stereocenters. The summed E-state index contributed by atoms with van der Waals surface area (Å²) in [6.07, 6.45) is 1.42. The topological polar surface area (TPSA) is 78.9 Å². The van der Waals surface area contributed by atoms with Gasteiger partial charge in [0.2, 0.25) is 0 Å². The molecular formula is C13H11N3O2. The van der Waals surface area contributed by atoms with Gasteiger partial charge in [-0.05, 0) is 31.5 Å². The van der Waals surface area contributed by atoms with Crippen molar-refractivity contribution in [2.75, 3.05) is 0 Å². The quantitative estimate of drug-likeness (QED) is 0.872. The molecule has 2 aromatic rings. The highest BCUT2D eigenvalue weighted by atomic mass is 16.4. The minimum absolute atomic E-state index is 0.139. The predicted octanol–water partition coefficient (Wildman–Crippen LogP) is 2.06. The summed E-state index contributed by atoms with van der Waals surface area (Å²) in [6, 6.07) is 7.40. The predicted molar refractivity (Wildman–Crippen MR) is 64.7 cm³/mol. The summed E-state index contributed by atoms with van der Waals surface area (Å²) >= 11 is 0. The van der Waals surface area contributed by atoms with Crippen LogP contribution in [0.5, 0.6) is 0 Å². The van der Waals surface area contributed by atoms with Gasteiger partial charge in [-0.15, -0.1) is 0 Å². The zero-order chi connectivity index (χ0) is 13.3. The standard InChI is InChI=1S/C13H11N3O2/c1-8-3-4-10(6-14)12(5-8)16-7-11(13(17)18)9(2)15-16/h3-5,7H,1-2H3,(H,17,18). The minimum atomic E-state index is -1.02. The van der Waals surface area contributed by atoms with Crippen LogP contribution in [0.25, 0.3) is 5.69 Å². The third kappa shape index (κ3) is 1.96. The number of carboxylic acid groups (broad SMARTS) is 1. The van der Waals surface area contributed by atoms with E-state index in [9.17, 15) is 4.79 Å². The molecule has 0 aliphatic rings. The van der Waals surface area contributed by atoms with Crippen molar-refractivity contribution in [2.24, 2.45) is 0 Å². The molecule has 90 valence electrons. The van der Waals surface area contributed by atoms with Crippen molar-refractivity contribution in [1.29, 1.82) is 5.26 Å². The van der Waals surface area contributed by atoms with Crippen LogP contribution >= 0.6 is 0 Å². The van der Waals surface area contributed by atoms with E-state index in [1.165, 1.54) is 10.9 Å². The van der Waals surface area contributed by atoms with Gasteiger partial charge in [-0.3, -0.25) is 0 Å². The van der Waals surface area contributed by atoms with Gasteiger partial charge in [-0.2, -0.15) is 10.4 Å². The zero-order valence-electron chi connectivity index (χ0n) is 10.0. The Morgan fingerprint density at radius 3 is 2.72 bits per heavy atom. The lowest BCUT2D eigenvalue weighted by Crippen LogP contribution is -1.99. The molecule has 1 heterocycles. The Balaban J connectivity index is 2.62. The number of hydrogen-bond donors (Lipinski definition) is 1. The Kier molecular flexibility index (Phi) is 2.86. The highest BCUT2D eigenvalue weighted by molar-refractivity contribution is 5.88. The molecule has 0 bridgehead atoms. The summed E-state index contributed by atoms with van der Waals surface area (Å²) in [5, 5.41) is 22.2. The Morgan fingerprint density at radius 2 is 2.17 bits per heavy atom. The molecule has 5 nitrogen and oxygen atoms in total. The van der Waals surface area contributed by atoms with Crippen LogP contribution in [0, 0.1) is 25.2 Å². The third-order valence-electron chi connectivity index (χ3n) is 2.65. The molecule has 0 saturated carbocycles. The van der Waals surface area contributed by atoms with E-state index in [0.29, 0.717) is 16.9 Å². The number of nitrogens with zero attached hydrogens (tertiary/aromatic N) is 3. The van der Waals surface area contributed by atoms with Gasteiger partial charge < -0.3 is 5.11 Å². The molecule has 0 spiro atoms. The van der Waals surface area contributed by atoms with E-state index < -0.39 is 5.97 Å². The first-order chi connectivity index (χ1) is 8.52. The highest BCUT2D eigenvalue weighted by Gasteiger charge is 2.14. The van der Waals surface area contributed by atoms with Crippen molar-refractivity contribution < 1.29 is 9.90 Å². The summed E-state index contributed by atoms with van der Waals surface area (Å²) in [4.78, 5) is 11.0. The van der Waals surface area contributed by atoms with Crippen molar-refractivity contribution >= 4 is 5.97 Å². The largest absolute Gasteiger partial charge is 0.478 e. The fourth-order valence-corrected chi connectivity index (χ4v) is 1.72. The lowest BCUT2D eigenvalue weighted by molar-refractivity contribution is 0.0696. The maximum Gasteiger partial charge on any atom is 0.339 e. The maximum absolute atomic E-state index is 11.0. The van der Waals surface area contributed by atoms with Gasteiger partial charge in [0.05, 0.1) is 16.9 Å². The van der Waals surface area contributed by atoms with Crippen molar-refractivity contribution in [1.82, 2.24) is 9.78 Å². The van der Waals surface area contributed by atoms with Crippen molar-refractivity contribution in [3.63, 3.8) is 0 Å². The second kappa shape index (κ2) is 4.34. The summed E-state index contributed by atoms with van der Waals surface area (Å²) in [5.74, 6) is -1.02. The van der Waals surface area contributed by atoms with Gasteiger partial charge >= 0.3 is 5.97 Å². The highest BCUT2D eigenvalue weighted by Crippen LogP contribution is 2.17. The Bertz CT molecular complexity index is 665. The van der Waals surface area contributed by atoms with Gasteiger partial charge in [-0.25, -0.2) is 9.48 Å². The molecule has 1 aromatic heterocycles. The van der Waals surface area contributed by atoms with Crippen molar-refractivity contribution in [3.8, 4) is 11.8 Å². The number of carboxylic acids is 1. The Labute approximate surface area is 104 Å². The molecule has 0 unspecified atom stereocenters. The number of nitriles is 1. The van der Waals surface area contributed by atoms with E-state index in [2.05, 4.69) is 11.2 Å². The van der Waals surface area contributed by atoms with Crippen LogP contribution < -0.4 is 0 Å².